The number of amides is 3. The largest absolute Gasteiger partial charge is 0.341 e. The van der Waals surface area contributed by atoms with Gasteiger partial charge in [-0.2, -0.15) is 0 Å². The first-order valence-corrected chi connectivity index (χ1v) is 8.06. The van der Waals surface area contributed by atoms with Crippen molar-refractivity contribution in [3.63, 3.8) is 0 Å². The summed E-state index contributed by atoms with van der Waals surface area (Å²) >= 11 is 0. The fourth-order valence-electron chi connectivity index (χ4n) is 3.06. The van der Waals surface area contributed by atoms with Crippen LogP contribution in [0.3, 0.4) is 0 Å². The van der Waals surface area contributed by atoms with Crippen molar-refractivity contribution >= 4 is 17.6 Å². The molecule has 24 heavy (non-hydrogen) atoms. The molecule has 1 heterocycles. The van der Waals surface area contributed by atoms with Gasteiger partial charge in [0.25, 0.3) is 5.91 Å². The molecule has 1 atom stereocenters. The number of urea groups is 1. The van der Waals surface area contributed by atoms with Crippen molar-refractivity contribution < 1.29 is 9.59 Å². The van der Waals surface area contributed by atoms with Crippen LogP contribution in [-0.2, 0) is 13.0 Å². The molecule has 1 aliphatic heterocycles. The lowest BCUT2D eigenvalue weighted by Gasteiger charge is -2.23. The van der Waals surface area contributed by atoms with E-state index in [1.807, 2.05) is 53.4 Å². The van der Waals surface area contributed by atoms with Crippen molar-refractivity contribution in [3.05, 3.63) is 65.2 Å². The van der Waals surface area contributed by atoms with Crippen LogP contribution in [-0.4, -0.2) is 25.0 Å². The number of carbonyl (C=O) groups excluding carboxylic acids is 2. The van der Waals surface area contributed by atoms with Crippen molar-refractivity contribution in [1.29, 1.82) is 0 Å². The maximum absolute atomic E-state index is 12.9. The summed E-state index contributed by atoms with van der Waals surface area (Å²) in [6.45, 7) is 2.48. The average molecular weight is 323 g/mol. The van der Waals surface area contributed by atoms with Crippen LogP contribution in [0.25, 0.3) is 0 Å². The Morgan fingerprint density at radius 2 is 1.92 bits per heavy atom. The Hall–Kier alpha value is -2.82. The topological polar surface area (TPSA) is 61.4 Å². The molecule has 0 bridgehead atoms. The van der Waals surface area contributed by atoms with Gasteiger partial charge in [-0.05, 0) is 42.7 Å². The van der Waals surface area contributed by atoms with E-state index in [0.29, 0.717) is 12.1 Å². The molecular weight excluding hydrogens is 302 g/mol. The standard InChI is InChI=1S/C19H21N3O2/c1-13-10-16-9-8-14(12-21-19(24)20-2)11-17(16)22(13)18(23)15-6-4-3-5-7-15/h3-9,11,13H,10,12H2,1-2H3,(H2,20,21,24)/t13-/m0/s1. The maximum Gasteiger partial charge on any atom is 0.314 e. The van der Waals surface area contributed by atoms with Gasteiger partial charge in [0.2, 0.25) is 0 Å². The summed E-state index contributed by atoms with van der Waals surface area (Å²) in [6, 6.07) is 15.3. The summed E-state index contributed by atoms with van der Waals surface area (Å²) in [5.41, 5.74) is 3.76. The molecule has 0 radical (unpaired) electrons. The lowest BCUT2D eigenvalue weighted by Crippen LogP contribution is -2.35. The minimum atomic E-state index is -0.221. The molecule has 1 aliphatic rings. The van der Waals surface area contributed by atoms with E-state index in [2.05, 4.69) is 17.6 Å². The molecule has 2 N–H and O–H groups in total. The minimum absolute atomic E-state index is 0.0123. The van der Waals surface area contributed by atoms with Gasteiger partial charge >= 0.3 is 6.03 Å². The van der Waals surface area contributed by atoms with Crippen LogP contribution >= 0.6 is 0 Å². The number of nitrogens with zero attached hydrogens (tertiary/aromatic N) is 1. The van der Waals surface area contributed by atoms with Gasteiger partial charge in [-0.3, -0.25) is 4.79 Å². The zero-order valence-electron chi connectivity index (χ0n) is 13.9. The van der Waals surface area contributed by atoms with E-state index in [0.717, 1.165) is 23.2 Å². The van der Waals surface area contributed by atoms with Gasteiger partial charge in [-0.15, -0.1) is 0 Å². The quantitative estimate of drug-likeness (QED) is 0.912. The molecule has 0 unspecified atom stereocenters. The Labute approximate surface area is 141 Å². The van der Waals surface area contributed by atoms with Gasteiger partial charge in [0, 0.05) is 30.9 Å². The van der Waals surface area contributed by atoms with Crippen LogP contribution in [0.4, 0.5) is 10.5 Å². The van der Waals surface area contributed by atoms with E-state index >= 15 is 0 Å². The average Bonchev–Trinajstić information content (AvgIpc) is 2.94. The fraction of sp³-hybridized carbons (Fsp3) is 0.263. The second kappa shape index (κ2) is 6.74. The molecule has 0 spiro atoms. The smallest absolute Gasteiger partial charge is 0.314 e. The summed E-state index contributed by atoms with van der Waals surface area (Å²) in [6.07, 6.45) is 0.844. The van der Waals surface area contributed by atoms with E-state index < -0.39 is 0 Å². The summed E-state index contributed by atoms with van der Waals surface area (Å²) in [7, 11) is 1.58. The summed E-state index contributed by atoms with van der Waals surface area (Å²) in [5, 5.41) is 5.30. The van der Waals surface area contributed by atoms with E-state index in [1.165, 1.54) is 0 Å². The normalized spacial score (nSPS) is 15.8. The molecule has 2 aromatic rings. The molecule has 124 valence electrons. The van der Waals surface area contributed by atoms with Crippen molar-refractivity contribution in [2.45, 2.75) is 25.9 Å². The van der Waals surface area contributed by atoms with Crippen LogP contribution in [0.2, 0.25) is 0 Å². The van der Waals surface area contributed by atoms with Crippen LogP contribution < -0.4 is 15.5 Å². The molecule has 0 aliphatic carbocycles. The van der Waals surface area contributed by atoms with Crippen LogP contribution in [0.15, 0.2) is 48.5 Å². The van der Waals surface area contributed by atoms with E-state index in [-0.39, 0.29) is 18.0 Å². The number of fused-ring (bicyclic) bond motifs is 1. The third kappa shape index (κ3) is 3.11. The summed E-state index contributed by atoms with van der Waals surface area (Å²) < 4.78 is 0. The van der Waals surface area contributed by atoms with Gasteiger partial charge in [0.15, 0.2) is 0 Å². The third-order valence-electron chi connectivity index (χ3n) is 4.29. The van der Waals surface area contributed by atoms with Gasteiger partial charge in [-0.1, -0.05) is 30.3 Å². The highest BCUT2D eigenvalue weighted by Gasteiger charge is 2.31. The Balaban J connectivity index is 1.86. The number of hydrogen-bond acceptors (Lipinski definition) is 2. The van der Waals surface area contributed by atoms with Gasteiger partial charge < -0.3 is 15.5 Å². The van der Waals surface area contributed by atoms with Gasteiger partial charge in [-0.25, -0.2) is 4.79 Å². The predicted octanol–water partition coefficient (Wildman–Crippen LogP) is 2.71. The molecule has 2 aromatic carbocycles. The first-order valence-electron chi connectivity index (χ1n) is 8.06. The van der Waals surface area contributed by atoms with Crippen molar-refractivity contribution in [1.82, 2.24) is 10.6 Å². The van der Waals surface area contributed by atoms with E-state index in [1.54, 1.807) is 7.05 Å². The highest BCUT2D eigenvalue weighted by atomic mass is 16.2. The molecule has 0 saturated carbocycles. The van der Waals surface area contributed by atoms with Crippen LogP contribution in [0, 0.1) is 0 Å². The second-order valence-corrected chi connectivity index (χ2v) is 5.99. The molecule has 0 saturated heterocycles. The first kappa shape index (κ1) is 16.1. The monoisotopic (exact) mass is 323 g/mol. The SMILES string of the molecule is CNC(=O)NCc1ccc2c(c1)N(C(=O)c1ccccc1)[C@@H](C)C2. The number of nitrogens with one attached hydrogen (secondary N) is 2. The van der Waals surface area contributed by atoms with Crippen LogP contribution in [0.5, 0.6) is 0 Å². The lowest BCUT2D eigenvalue weighted by atomic mass is 10.1. The molecule has 5 heteroatoms. The Morgan fingerprint density at radius 3 is 2.62 bits per heavy atom. The van der Waals surface area contributed by atoms with E-state index in [4.69, 9.17) is 0 Å². The zero-order chi connectivity index (χ0) is 17.1. The predicted molar refractivity (Wildman–Crippen MR) is 94.2 cm³/mol. The third-order valence-corrected chi connectivity index (χ3v) is 4.29. The van der Waals surface area contributed by atoms with Crippen molar-refractivity contribution in [2.75, 3.05) is 11.9 Å². The Bertz CT molecular complexity index is 758. The number of anilines is 1. The number of benzene rings is 2. The summed E-state index contributed by atoms with van der Waals surface area (Å²) in [4.78, 5) is 26.1. The molecule has 3 amide bonds. The van der Waals surface area contributed by atoms with Crippen molar-refractivity contribution in [3.8, 4) is 0 Å². The first-order chi connectivity index (χ1) is 11.6. The number of carbonyl (C=O) groups is 2. The number of rotatable bonds is 3. The molecule has 0 aromatic heterocycles. The minimum Gasteiger partial charge on any atom is -0.341 e. The van der Waals surface area contributed by atoms with Crippen molar-refractivity contribution in [2.24, 2.45) is 0 Å². The second-order valence-electron chi connectivity index (χ2n) is 5.99. The van der Waals surface area contributed by atoms with Crippen LogP contribution in [0.1, 0.15) is 28.4 Å². The maximum atomic E-state index is 12.9. The Morgan fingerprint density at radius 1 is 1.17 bits per heavy atom. The van der Waals surface area contributed by atoms with Gasteiger partial charge in [0.1, 0.15) is 0 Å². The fourth-order valence-corrected chi connectivity index (χ4v) is 3.06. The molecule has 5 nitrogen and oxygen atoms in total. The summed E-state index contributed by atoms with van der Waals surface area (Å²) in [5.74, 6) is 0.0123. The van der Waals surface area contributed by atoms with E-state index in [9.17, 15) is 9.59 Å². The molecule has 0 fully saturated rings. The van der Waals surface area contributed by atoms with Gasteiger partial charge in [0.05, 0.1) is 0 Å². The number of hydrogen-bond donors (Lipinski definition) is 2. The highest BCUT2D eigenvalue weighted by molar-refractivity contribution is 6.07. The molecule has 3 rings (SSSR count). The highest BCUT2D eigenvalue weighted by Crippen LogP contribution is 2.34. The molecular formula is C19H21N3O2. The zero-order valence-corrected chi connectivity index (χ0v) is 13.9. The lowest BCUT2D eigenvalue weighted by molar-refractivity contribution is 0.0981. The Kier molecular flexibility index (Phi) is 4.51.